The van der Waals surface area contributed by atoms with Gasteiger partial charge in [0.15, 0.2) is 0 Å². The predicted molar refractivity (Wildman–Crippen MR) is 138 cm³/mol. The fraction of sp³-hybridized carbons (Fsp3) is 0.400. The number of hydrogen-bond acceptors (Lipinski definition) is 3. The number of benzene rings is 3. The van der Waals surface area contributed by atoms with E-state index in [4.69, 9.17) is 14.2 Å². The molecule has 0 aromatic heterocycles. The molecule has 1 atom stereocenters. The first-order valence-corrected chi connectivity index (χ1v) is 11.6. The Balaban J connectivity index is 2.25. The second-order valence-corrected chi connectivity index (χ2v) is 9.33. The summed E-state index contributed by atoms with van der Waals surface area (Å²) in [5, 5.41) is 0. The van der Waals surface area contributed by atoms with E-state index in [9.17, 15) is 0 Å². The van der Waals surface area contributed by atoms with Gasteiger partial charge in [0.05, 0.1) is 21.3 Å². The summed E-state index contributed by atoms with van der Waals surface area (Å²) in [5.74, 6) is 3.33. The highest BCUT2D eigenvalue weighted by Crippen LogP contribution is 2.43. The van der Waals surface area contributed by atoms with E-state index in [1.54, 1.807) is 21.3 Å². The molecule has 0 aliphatic carbocycles. The SMILES string of the molecule is COc1c(C)cc(C(C)C(c2cc(C)c(OC)c(C)c2)c2cc(C)c(OC)c(C)c2)cc1C. The lowest BCUT2D eigenvalue weighted by molar-refractivity contribution is 0.407. The maximum atomic E-state index is 5.66. The second-order valence-electron chi connectivity index (χ2n) is 9.33. The largest absolute Gasteiger partial charge is 0.496 e. The molecule has 3 rings (SSSR count). The zero-order chi connectivity index (χ0) is 24.4. The van der Waals surface area contributed by atoms with Crippen molar-refractivity contribution in [3.63, 3.8) is 0 Å². The summed E-state index contributed by atoms with van der Waals surface area (Å²) in [6.07, 6.45) is 0. The Kier molecular flexibility index (Phi) is 7.41. The van der Waals surface area contributed by atoms with E-state index in [1.165, 1.54) is 27.8 Å². The first kappa shape index (κ1) is 24.7. The molecule has 0 fully saturated rings. The monoisotopic (exact) mass is 446 g/mol. The molecule has 0 aliphatic heterocycles. The van der Waals surface area contributed by atoms with Crippen molar-refractivity contribution in [1.29, 1.82) is 0 Å². The Labute approximate surface area is 199 Å². The van der Waals surface area contributed by atoms with Crippen molar-refractivity contribution in [3.8, 4) is 17.2 Å². The molecule has 0 radical (unpaired) electrons. The third-order valence-corrected chi connectivity index (χ3v) is 6.80. The van der Waals surface area contributed by atoms with Gasteiger partial charge >= 0.3 is 0 Å². The van der Waals surface area contributed by atoms with Gasteiger partial charge in [0.25, 0.3) is 0 Å². The maximum absolute atomic E-state index is 5.66. The molecule has 0 heterocycles. The molecule has 0 spiro atoms. The Morgan fingerprint density at radius 3 is 0.939 bits per heavy atom. The third kappa shape index (κ3) is 4.73. The van der Waals surface area contributed by atoms with Gasteiger partial charge in [-0.05, 0) is 97.5 Å². The highest BCUT2D eigenvalue weighted by atomic mass is 16.5. The van der Waals surface area contributed by atoms with Gasteiger partial charge in [-0.1, -0.05) is 43.3 Å². The Morgan fingerprint density at radius 1 is 0.455 bits per heavy atom. The molecule has 3 heteroatoms. The summed E-state index contributed by atoms with van der Waals surface area (Å²) in [4.78, 5) is 0. The van der Waals surface area contributed by atoms with Gasteiger partial charge in [0.1, 0.15) is 17.2 Å². The molecule has 33 heavy (non-hydrogen) atoms. The van der Waals surface area contributed by atoms with E-state index in [1.807, 2.05) is 0 Å². The molecular formula is C30H38O3. The average molecular weight is 447 g/mol. The highest BCUT2D eigenvalue weighted by molar-refractivity contribution is 5.52. The summed E-state index contributed by atoms with van der Waals surface area (Å²) >= 11 is 0. The fourth-order valence-corrected chi connectivity index (χ4v) is 5.50. The summed E-state index contributed by atoms with van der Waals surface area (Å²) in [7, 11) is 5.23. The van der Waals surface area contributed by atoms with E-state index in [0.717, 1.165) is 39.5 Å². The van der Waals surface area contributed by atoms with Crippen molar-refractivity contribution in [2.24, 2.45) is 0 Å². The standard InChI is InChI=1S/C30H38O3/c1-17-11-24(12-18(2)28(17)31-8)23(7)27(25-13-19(3)29(32-9)20(4)14-25)26-15-21(5)30(33-10)22(6)16-26/h11-16,23,27H,1-10H3. The minimum Gasteiger partial charge on any atom is -0.496 e. The smallest absolute Gasteiger partial charge is 0.124 e. The summed E-state index contributed by atoms with van der Waals surface area (Å²) in [6, 6.07) is 13.7. The van der Waals surface area contributed by atoms with E-state index in [2.05, 4.69) is 84.9 Å². The topological polar surface area (TPSA) is 27.7 Å². The first-order valence-electron chi connectivity index (χ1n) is 11.6. The van der Waals surface area contributed by atoms with Crippen LogP contribution in [0.5, 0.6) is 17.2 Å². The Morgan fingerprint density at radius 2 is 0.697 bits per heavy atom. The van der Waals surface area contributed by atoms with Gasteiger partial charge in [0, 0.05) is 5.92 Å². The van der Waals surface area contributed by atoms with Crippen LogP contribution in [0.4, 0.5) is 0 Å². The molecule has 0 saturated heterocycles. The Hall–Kier alpha value is -2.94. The summed E-state index contributed by atoms with van der Waals surface area (Å²) in [6.45, 7) is 15.1. The number of ether oxygens (including phenoxy) is 3. The van der Waals surface area contributed by atoms with E-state index < -0.39 is 0 Å². The predicted octanol–water partition coefficient (Wildman–Crippen LogP) is 7.50. The van der Waals surface area contributed by atoms with Gasteiger partial charge < -0.3 is 14.2 Å². The number of hydrogen-bond donors (Lipinski definition) is 0. The van der Waals surface area contributed by atoms with E-state index in [-0.39, 0.29) is 11.8 Å². The Bertz CT molecular complexity index is 1030. The lowest BCUT2D eigenvalue weighted by Crippen LogP contribution is -2.13. The van der Waals surface area contributed by atoms with Crippen LogP contribution in [0.25, 0.3) is 0 Å². The maximum Gasteiger partial charge on any atom is 0.124 e. The molecule has 0 saturated carbocycles. The van der Waals surface area contributed by atoms with Crippen LogP contribution in [-0.4, -0.2) is 21.3 Å². The van der Waals surface area contributed by atoms with Crippen LogP contribution in [0.15, 0.2) is 36.4 Å². The van der Waals surface area contributed by atoms with Crippen molar-refractivity contribution in [1.82, 2.24) is 0 Å². The summed E-state index contributed by atoms with van der Waals surface area (Å²) in [5.41, 5.74) is 10.9. The van der Waals surface area contributed by atoms with Crippen LogP contribution < -0.4 is 14.2 Å². The van der Waals surface area contributed by atoms with Gasteiger partial charge in [-0.3, -0.25) is 0 Å². The van der Waals surface area contributed by atoms with Crippen molar-refractivity contribution in [2.75, 3.05) is 21.3 Å². The van der Waals surface area contributed by atoms with Crippen molar-refractivity contribution >= 4 is 0 Å². The number of rotatable bonds is 7. The number of methoxy groups -OCH3 is 3. The van der Waals surface area contributed by atoms with E-state index >= 15 is 0 Å². The van der Waals surface area contributed by atoms with Crippen molar-refractivity contribution in [3.05, 3.63) is 86.5 Å². The van der Waals surface area contributed by atoms with Crippen LogP contribution in [0.3, 0.4) is 0 Å². The second kappa shape index (κ2) is 9.91. The molecular weight excluding hydrogens is 408 g/mol. The molecule has 0 amide bonds. The third-order valence-electron chi connectivity index (χ3n) is 6.80. The van der Waals surface area contributed by atoms with Gasteiger partial charge in [-0.25, -0.2) is 0 Å². The highest BCUT2D eigenvalue weighted by Gasteiger charge is 2.26. The van der Waals surface area contributed by atoms with Crippen molar-refractivity contribution in [2.45, 2.75) is 60.3 Å². The van der Waals surface area contributed by atoms with Crippen LogP contribution in [-0.2, 0) is 0 Å². The molecule has 0 bridgehead atoms. The molecule has 176 valence electrons. The minimum absolute atomic E-state index is 0.184. The quantitative estimate of drug-likeness (QED) is 0.376. The fourth-order valence-electron chi connectivity index (χ4n) is 5.50. The van der Waals surface area contributed by atoms with Crippen LogP contribution >= 0.6 is 0 Å². The lowest BCUT2D eigenvalue weighted by Gasteiger charge is -2.29. The van der Waals surface area contributed by atoms with Crippen molar-refractivity contribution < 1.29 is 14.2 Å². The normalized spacial score (nSPS) is 12.1. The van der Waals surface area contributed by atoms with E-state index in [0.29, 0.717) is 0 Å². The molecule has 1 unspecified atom stereocenters. The lowest BCUT2D eigenvalue weighted by atomic mass is 9.76. The average Bonchev–Trinajstić information content (AvgIpc) is 2.73. The zero-order valence-electron chi connectivity index (χ0n) is 21.8. The van der Waals surface area contributed by atoms with Crippen LogP contribution in [0, 0.1) is 41.5 Å². The molecule has 3 aromatic rings. The molecule has 3 nitrogen and oxygen atoms in total. The first-order chi connectivity index (χ1) is 15.6. The van der Waals surface area contributed by atoms with Gasteiger partial charge in [-0.15, -0.1) is 0 Å². The van der Waals surface area contributed by atoms with Crippen LogP contribution in [0.2, 0.25) is 0 Å². The zero-order valence-corrected chi connectivity index (χ0v) is 21.8. The molecule has 3 aromatic carbocycles. The van der Waals surface area contributed by atoms with Gasteiger partial charge in [-0.2, -0.15) is 0 Å². The minimum atomic E-state index is 0.184. The molecule has 0 aliphatic rings. The molecule has 0 N–H and O–H groups in total. The van der Waals surface area contributed by atoms with Crippen LogP contribution in [0.1, 0.15) is 68.8 Å². The summed E-state index contributed by atoms with van der Waals surface area (Å²) < 4.78 is 16.9. The number of aryl methyl sites for hydroxylation is 6. The van der Waals surface area contributed by atoms with Gasteiger partial charge in [0.2, 0.25) is 0 Å².